The average Bonchev–Trinajstić information content (AvgIpc) is 2.29. The van der Waals surface area contributed by atoms with Crippen LogP contribution in [-0.2, 0) is 0 Å². The fourth-order valence-electron chi connectivity index (χ4n) is 1.60. The minimum absolute atomic E-state index is 0.102. The largest absolute Gasteiger partial charge is 0.391 e. The monoisotopic (exact) mass is 112 g/mol. The van der Waals surface area contributed by atoms with Crippen LogP contribution in [0.3, 0.4) is 0 Å². The molecule has 0 amide bonds. The zero-order chi connectivity index (χ0) is 5.56. The van der Waals surface area contributed by atoms with Crippen LogP contribution in [0.1, 0.15) is 12.8 Å². The minimum Gasteiger partial charge on any atom is -0.391 e. The van der Waals surface area contributed by atoms with Crippen LogP contribution in [0.25, 0.3) is 0 Å². The molecule has 1 aliphatic carbocycles. The zero-order valence-corrected chi connectivity index (χ0v) is 4.72. The van der Waals surface area contributed by atoms with Crippen molar-refractivity contribution in [2.45, 2.75) is 18.9 Å². The number of rotatable bonds is 0. The molecular weight excluding hydrogens is 102 g/mol. The zero-order valence-electron chi connectivity index (χ0n) is 4.72. The van der Waals surface area contributed by atoms with E-state index in [2.05, 4.69) is 5.32 Å². The summed E-state index contributed by atoms with van der Waals surface area (Å²) < 4.78 is 0. The van der Waals surface area contributed by atoms with Crippen molar-refractivity contribution in [2.75, 3.05) is 6.54 Å². The molecule has 2 nitrogen and oxygen atoms in total. The lowest BCUT2D eigenvalue weighted by atomic mass is 10.1. The minimum atomic E-state index is -0.102. The van der Waals surface area contributed by atoms with Gasteiger partial charge in [-0.25, -0.2) is 0 Å². The molecule has 2 fully saturated rings. The third-order valence-electron chi connectivity index (χ3n) is 2.18. The van der Waals surface area contributed by atoms with Gasteiger partial charge in [-0.05, 0) is 18.8 Å². The van der Waals surface area contributed by atoms with Gasteiger partial charge in [0.2, 0.25) is 0 Å². The van der Waals surface area contributed by atoms with Gasteiger partial charge < -0.3 is 10.4 Å². The van der Waals surface area contributed by atoms with Gasteiger partial charge in [-0.2, -0.15) is 0 Å². The molecule has 2 rings (SSSR count). The van der Waals surface area contributed by atoms with Crippen LogP contribution in [0.5, 0.6) is 0 Å². The first-order valence-electron chi connectivity index (χ1n) is 3.15. The summed E-state index contributed by atoms with van der Waals surface area (Å²) in [5, 5.41) is 12.4. The highest BCUT2D eigenvalue weighted by Crippen LogP contribution is 2.35. The molecule has 1 radical (unpaired) electrons. The highest BCUT2D eigenvalue weighted by Gasteiger charge is 2.40. The van der Waals surface area contributed by atoms with Crippen molar-refractivity contribution in [3.8, 4) is 0 Å². The SMILES string of the molecule is O[C@@H]1[C]2CCC1CN2. The Kier molecular flexibility index (Phi) is 0.866. The van der Waals surface area contributed by atoms with E-state index in [1.165, 1.54) is 12.5 Å². The van der Waals surface area contributed by atoms with Gasteiger partial charge in [0.25, 0.3) is 0 Å². The summed E-state index contributed by atoms with van der Waals surface area (Å²) >= 11 is 0. The molecule has 0 aromatic carbocycles. The first-order valence-corrected chi connectivity index (χ1v) is 3.15. The molecule has 1 unspecified atom stereocenters. The molecule has 8 heavy (non-hydrogen) atoms. The Morgan fingerprint density at radius 3 is 2.62 bits per heavy atom. The molecule has 1 saturated carbocycles. The molecule has 0 aromatic rings. The van der Waals surface area contributed by atoms with Gasteiger partial charge in [0.15, 0.2) is 0 Å². The highest BCUT2D eigenvalue weighted by atomic mass is 16.3. The van der Waals surface area contributed by atoms with Crippen LogP contribution in [-0.4, -0.2) is 17.8 Å². The number of aliphatic hydroxyl groups excluding tert-OH is 1. The van der Waals surface area contributed by atoms with Crippen molar-refractivity contribution in [2.24, 2.45) is 5.92 Å². The molecular formula is C6H10NO. The van der Waals surface area contributed by atoms with Gasteiger partial charge >= 0.3 is 0 Å². The average molecular weight is 112 g/mol. The van der Waals surface area contributed by atoms with E-state index in [9.17, 15) is 5.11 Å². The van der Waals surface area contributed by atoms with Crippen molar-refractivity contribution in [1.29, 1.82) is 0 Å². The third kappa shape index (κ3) is 0.446. The number of piperidine rings is 1. The standard InChI is InChI=1S/C6H10NO/c8-6-4-1-2-5(6)7-3-4/h4,6-8H,1-3H2/t4?,6-/m0/s1. The lowest BCUT2D eigenvalue weighted by Gasteiger charge is -2.06. The lowest BCUT2D eigenvalue weighted by Crippen LogP contribution is -2.18. The second-order valence-electron chi connectivity index (χ2n) is 2.65. The molecule has 1 heterocycles. The molecule has 2 heteroatoms. The molecule has 1 saturated heterocycles. The van der Waals surface area contributed by atoms with Crippen LogP contribution in [0.2, 0.25) is 0 Å². The van der Waals surface area contributed by atoms with Crippen molar-refractivity contribution >= 4 is 0 Å². The molecule has 2 bridgehead atoms. The first kappa shape index (κ1) is 4.77. The summed E-state index contributed by atoms with van der Waals surface area (Å²) in [7, 11) is 0. The maximum atomic E-state index is 9.23. The van der Waals surface area contributed by atoms with Gasteiger partial charge in [0, 0.05) is 6.54 Å². The number of nitrogens with one attached hydrogen (secondary N) is 1. The summed E-state index contributed by atoms with van der Waals surface area (Å²) in [5.41, 5.74) is 0. The van der Waals surface area contributed by atoms with Gasteiger partial charge in [-0.15, -0.1) is 0 Å². The Labute approximate surface area is 48.9 Å². The van der Waals surface area contributed by atoms with Gasteiger partial charge in [-0.3, -0.25) is 0 Å². The van der Waals surface area contributed by atoms with E-state index in [1.807, 2.05) is 0 Å². The summed E-state index contributed by atoms with van der Waals surface area (Å²) in [6.07, 6.45) is 2.20. The molecule has 0 spiro atoms. The van der Waals surface area contributed by atoms with Crippen molar-refractivity contribution in [1.82, 2.24) is 5.32 Å². The molecule has 2 atom stereocenters. The topological polar surface area (TPSA) is 32.3 Å². The quantitative estimate of drug-likeness (QED) is 0.458. The Balaban J connectivity index is 2.16. The second-order valence-corrected chi connectivity index (χ2v) is 2.65. The Morgan fingerprint density at radius 2 is 2.50 bits per heavy atom. The molecule has 2 N–H and O–H groups in total. The Bertz CT molecular complexity index is 84.7. The smallest absolute Gasteiger partial charge is 0.0781 e. The number of hydrogen-bond acceptors (Lipinski definition) is 2. The van der Waals surface area contributed by atoms with Crippen molar-refractivity contribution < 1.29 is 5.11 Å². The summed E-state index contributed by atoms with van der Waals surface area (Å²) in [4.78, 5) is 0. The van der Waals surface area contributed by atoms with Crippen molar-refractivity contribution in [3.05, 3.63) is 6.04 Å². The van der Waals surface area contributed by atoms with Crippen LogP contribution >= 0.6 is 0 Å². The van der Waals surface area contributed by atoms with Crippen LogP contribution in [0.4, 0.5) is 0 Å². The first-order chi connectivity index (χ1) is 3.88. The molecule has 1 aliphatic heterocycles. The van der Waals surface area contributed by atoms with E-state index in [1.54, 1.807) is 0 Å². The lowest BCUT2D eigenvalue weighted by molar-refractivity contribution is 0.173. The maximum absolute atomic E-state index is 9.23. The van der Waals surface area contributed by atoms with E-state index in [-0.39, 0.29) is 6.10 Å². The predicted molar refractivity (Wildman–Crippen MR) is 30.0 cm³/mol. The van der Waals surface area contributed by atoms with Crippen LogP contribution in [0.15, 0.2) is 0 Å². The Hall–Kier alpha value is -0.0800. The number of hydrogen-bond donors (Lipinski definition) is 2. The van der Waals surface area contributed by atoms with Crippen molar-refractivity contribution in [3.63, 3.8) is 0 Å². The van der Waals surface area contributed by atoms with Gasteiger partial charge in [-0.1, -0.05) is 0 Å². The Morgan fingerprint density at radius 1 is 1.62 bits per heavy atom. The fraction of sp³-hybridized carbons (Fsp3) is 0.833. The summed E-state index contributed by atoms with van der Waals surface area (Å²) in [5.74, 6) is 0.546. The van der Waals surface area contributed by atoms with E-state index in [0.717, 1.165) is 13.0 Å². The number of fused-ring (bicyclic) bond motifs is 2. The van der Waals surface area contributed by atoms with E-state index in [4.69, 9.17) is 0 Å². The van der Waals surface area contributed by atoms with Gasteiger partial charge in [0.1, 0.15) is 0 Å². The highest BCUT2D eigenvalue weighted by molar-refractivity contribution is 5.10. The second kappa shape index (κ2) is 1.45. The molecule has 2 aliphatic rings. The maximum Gasteiger partial charge on any atom is 0.0781 e. The third-order valence-corrected chi connectivity index (χ3v) is 2.18. The van der Waals surface area contributed by atoms with E-state index in [0.29, 0.717) is 5.92 Å². The number of aliphatic hydroxyl groups is 1. The summed E-state index contributed by atoms with van der Waals surface area (Å²) in [6.45, 7) is 1.01. The van der Waals surface area contributed by atoms with E-state index >= 15 is 0 Å². The van der Waals surface area contributed by atoms with E-state index < -0.39 is 0 Å². The van der Waals surface area contributed by atoms with Crippen LogP contribution in [0, 0.1) is 12.0 Å². The summed E-state index contributed by atoms with van der Waals surface area (Å²) in [6, 6.07) is 1.18. The molecule has 0 aromatic heterocycles. The molecule has 45 valence electrons. The van der Waals surface area contributed by atoms with Gasteiger partial charge in [0.05, 0.1) is 12.1 Å². The predicted octanol–water partition coefficient (Wildman–Crippen LogP) is -0.108. The van der Waals surface area contributed by atoms with Crippen LogP contribution < -0.4 is 5.32 Å². The normalized spacial score (nSPS) is 46.1. The fourth-order valence-corrected chi connectivity index (χ4v) is 1.60.